The minimum absolute atomic E-state index is 0.0439. The Morgan fingerprint density at radius 2 is 1.90 bits per heavy atom. The Kier molecular flexibility index (Phi) is 4.93. The molecule has 0 atom stereocenters. The van der Waals surface area contributed by atoms with Gasteiger partial charge in [0.25, 0.3) is 5.91 Å². The Balaban J connectivity index is 2.26. The van der Waals surface area contributed by atoms with Crippen LogP contribution in [0.5, 0.6) is 0 Å². The topological polar surface area (TPSA) is 45.2 Å². The molecular weight excluding hydrogens is 262 g/mol. The molecule has 0 aliphatic heterocycles. The van der Waals surface area contributed by atoms with Crippen LogP contribution in [0.2, 0.25) is 0 Å². The zero-order valence-electron chi connectivity index (χ0n) is 12.8. The molecule has 0 spiro atoms. The van der Waals surface area contributed by atoms with Crippen molar-refractivity contribution < 1.29 is 4.79 Å². The second-order valence-corrected chi connectivity index (χ2v) is 4.84. The Morgan fingerprint density at radius 3 is 2.52 bits per heavy atom. The first-order valence-corrected chi connectivity index (χ1v) is 7.22. The van der Waals surface area contributed by atoms with Crippen LogP contribution in [0.25, 0.3) is 0 Å². The lowest BCUT2D eigenvalue weighted by Crippen LogP contribution is -2.27. The second-order valence-electron chi connectivity index (χ2n) is 4.84. The zero-order chi connectivity index (χ0) is 15.2. The largest absolute Gasteiger partial charge is 0.383 e. The van der Waals surface area contributed by atoms with E-state index in [-0.39, 0.29) is 5.91 Å². The monoisotopic (exact) mass is 283 g/mol. The maximum absolute atomic E-state index is 12.7. The normalized spacial score (nSPS) is 10.2. The first-order chi connectivity index (χ1) is 10.2. The number of nitrogens with one attached hydrogen (secondary N) is 1. The number of hydrogen-bond donors (Lipinski definition) is 1. The van der Waals surface area contributed by atoms with E-state index in [0.717, 1.165) is 24.3 Å². The van der Waals surface area contributed by atoms with Crippen LogP contribution in [0, 0.1) is 0 Å². The number of benzene rings is 1. The first kappa shape index (κ1) is 15.0. The average Bonchev–Trinajstić information content (AvgIpc) is 2.54. The third-order valence-electron chi connectivity index (χ3n) is 3.46. The van der Waals surface area contributed by atoms with Crippen molar-refractivity contribution in [2.24, 2.45) is 0 Å². The number of pyridine rings is 1. The van der Waals surface area contributed by atoms with Gasteiger partial charge in [-0.1, -0.05) is 19.1 Å². The number of carbonyl (C=O) groups is 1. The molecule has 0 radical (unpaired) electrons. The summed E-state index contributed by atoms with van der Waals surface area (Å²) >= 11 is 0. The van der Waals surface area contributed by atoms with Crippen molar-refractivity contribution in [2.45, 2.75) is 20.3 Å². The van der Waals surface area contributed by atoms with Crippen molar-refractivity contribution in [2.75, 3.05) is 23.8 Å². The predicted octanol–water partition coefficient (Wildman–Crippen LogP) is 3.35. The second kappa shape index (κ2) is 6.88. The van der Waals surface area contributed by atoms with Crippen LogP contribution in [0.3, 0.4) is 0 Å². The van der Waals surface area contributed by atoms with E-state index < -0.39 is 0 Å². The van der Waals surface area contributed by atoms with Gasteiger partial charge >= 0.3 is 0 Å². The van der Waals surface area contributed by atoms with Gasteiger partial charge in [0.1, 0.15) is 0 Å². The highest BCUT2D eigenvalue weighted by molar-refractivity contribution is 6.09. The highest BCUT2D eigenvalue weighted by Crippen LogP contribution is 2.20. The van der Waals surface area contributed by atoms with Crippen molar-refractivity contribution in [3.8, 4) is 0 Å². The summed E-state index contributed by atoms with van der Waals surface area (Å²) in [6, 6.07) is 9.81. The van der Waals surface area contributed by atoms with Gasteiger partial charge in [0, 0.05) is 25.5 Å². The van der Waals surface area contributed by atoms with E-state index in [4.69, 9.17) is 0 Å². The number of amides is 1. The van der Waals surface area contributed by atoms with Gasteiger partial charge in [-0.2, -0.15) is 0 Å². The summed E-state index contributed by atoms with van der Waals surface area (Å²) in [4.78, 5) is 18.4. The molecule has 0 saturated carbocycles. The Bertz CT molecular complexity index is 608. The van der Waals surface area contributed by atoms with Gasteiger partial charge in [0.05, 0.1) is 17.4 Å². The molecule has 0 bridgehead atoms. The molecule has 2 aromatic rings. The molecule has 1 N–H and O–H groups in total. The van der Waals surface area contributed by atoms with Crippen molar-refractivity contribution in [3.63, 3.8) is 0 Å². The molecule has 0 aliphatic carbocycles. The summed E-state index contributed by atoms with van der Waals surface area (Å²) < 4.78 is 0. The summed E-state index contributed by atoms with van der Waals surface area (Å²) in [6.45, 7) is 4.86. The minimum atomic E-state index is -0.0439. The van der Waals surface area contributed by atoms with Crippen LogP contribution < -0.4 is 10.2 Å². The van der Waals surface area contributed by atoms with E-state index in [9.17, 15) is 4.79 Å². The summed E-state index contributed by atoms with van der Waals surface area (Å²) in [6.07, 6.45) is 4.32. The van der Waals surface area contributed by atoms with E-state index in [1.165, 1.54) is 5.56 Å². The van der Waals surface area contributed by atoms with Crippen LogP contribution in [0.1, 0.15) is 29.8 Å². The summed E-state index contributed by atoms with van der Waals surface area (Å²) in [5.41, 5.74) is 3.55. The summed E-state index contributed by atoms with van der Waals surface area (Å²) in [7, 11) is 1.79. The number of carbonyl (C=O) groups excluding carboxylic acids is 1. The van der Waals surface area contributed by atoms with Crippen molar-refractivity contribution in [3.05, 3.63) is 53.9 Å². The van der Waals surface area contributed by atoms with E-state index in [2.05, 4.69) is 29.4 Å². The molecule has 2 rings (SSSR count). The van der Waals surface area contributed by atoms with Gasteiger partial charge in [-0.15, -0.1) is 0 Å². The lowest BCUT2D eigenvalue weighted by Gasteiger charge is -2.19. The maximum Gasteiger partial charge on any atom is 0.260 e. The lowest BCUT2D eigenvalue weighted by molar-refractivity contribution is 0.0993. The Hall–Kier alpha value is -2.36. The van der Waals surface area contributed by atoms with Crippen LogP contribution >= 0.6 is 0 Å². The molecule has 1 heterocycles. The van der Waals surface area contributed by atoms with Crippen LogP contribution in [0.4, 0.5) is 11.4 Å². The third kappa shape index (κ3) is 3.40. The van der Waals surface area contributed by atoms with Gasteiger partial charge in [-0.25, -0.2) is 0 Å². The molecule has 1 amide bonds. The molecule has 0 aliphatic rings. The van der Waals surface area contributed by atoms with Gasteiger partial charge in [0.2, 0.25) is 0 Å². The van der Waals surface area contributed by atoms with E-state index in [1.54, 1.807) is 30.4 Å². The predicted molar refractivity (Wildman–Crippen MR) is 87.0 cm³/mol. The van der Waals surface area contributed by atoms with Crippen molar-refractivity contribution in [1.29, 1.82) is 0 Å². The van der Waals surface area contributed by atoms with Gasteiger partial charge in [-0.05, 0) is 37.1 Å². The smallest absolute Gasteiger partial charge is 0.260 e. The fourth-order valence-electron chi connectivity index (χ4n) is 2.17. The quantitative estimate of drug-likeness (QED) is 0.915. The lowest BCUT2D eigenvalue weighted by atomic mass is 10.1. The molecule has 4 heteroatoms. The standard InChI is InChI=1S/C17H21N3O/c1-4-13-6-8-14(9-7-13)20(3)17(21)15-10-11-18-12-16(15)19-5-2/h6-12,19H,4-5H2,1-3H3. The van der Waals surface area contributed by atoms with Crippen LogP contribution in [0.15, 0.2) is 42.7 Å². The number of anilines is 2. The molecule has 0 saturated heterocycles. The molecule has 1 aromatic carbocycles. The van der Waals surface area contributed by atoms with E-state index in [0.29, 0.717) is 5.56 Å². The summed E-state index contributed by atoms with van der Waals surface area (Å²) in [5.74, 6) is -0.0439. The van der Waals surface area contributed by atoms with Gasteiger partial charge in [-0.3, -0.25) is 9.78 Å². The SMILES string of the molecule is CCNc1cnccc1C(=O)N(C)c1ccc(CC)cc1. The number of aryl methyl sites for hydroxylation is 1. The Morgan fingerprint density at radius 1 is 1.19 bits per heavy atom. The van der Waals surface area contributed by atoms with Crippen molar-refractivity contribution >= 4 is 17.3 Å². The van der Waals surface area contributed by atoms with Crippen molar-refractivity contribution in [1.82, 2.24) is 4.98 Å². The van der Waals surface area contributed by atoms with Gasteiger partial charge < -0.3 is 10.2 Å². The first-order valence-electron chi connectivity index (χ1n) is 7.22. The fraction of sp³-hybridized carbons (Fsp3) is 0.294. The Labute approximate surface area is 125 Å². The number of nitrogens with zero attached hydrogens (tertiary/aromatic N) is 2. The maximum atomic E-state index is 12.7. The highest BCUT2D eigenvalue weighted by Gasteiger charge is 2.16. The molecule has 4 nitrogen and oxygen atoms in total. The zero-order valence-corrected chi connectivity index (χ0v) is 12.8. The molecular formula is C17H21N3O. The molecule has 0 fully saturated rings. The third-order valence-corrected chi connectivity index (χ3v) is 3.46. The molecule has 110 valence electrons. The number of aromatic nitrogens is 1. The van der Waals surface area contributed by atoms with Crippen LogP contribution in [-0.4, -0.2) is 24.5 Å². The molecule has 21 heavy (non-hydrogen) atoms. The van der Waals surface area contributed by atoms with E-state index in [1.807, 2.05) is 19.1 Å². The number of rotatable bonds is 5. The highest BCUT2D eigenvalue weighted by atomic mass is 16.2. The average molecular weight is 283 g/mol. The van der Waals surface area contributed by atoms with Gasteiger partial charge in [0.15, 0.2) is 0 Å². The van der Waals surface area contributed by atoms with E-state index >= 15 is 0 Å². The summed E-state index contributed by atoms with van der Waals surface area (Å²) in [5, 5.41) is 3.17. The molecule has 0 unspecified atom stereocenters. The molecule has 1 aromatic heterocycles. The van der Waals surface area contributed by atoms with Crippen LogP contribution in [-0.2, 0) is 6.42 Å². The fourth-order valence-corrected chi connectivity index (χ4v) is 2.17. The number of hydrogen-bond acceptors (Lipinski definition) is 3. The minimum Gasteiger partial charge on any atom is -0.383 e.